The van der Waals surface area contributed by atoms with E-state index < -0.39 is 0 Å². The number of thiazole rings is 1. The summed E-state index contributed by atoms with van der Waals surface area (Å²) >= 11 is 1.56. The van der Waals surface area contributed by atoms with Gasteiger partial charge in [0.15, 0.2) is 5.13 Å². The minimum absolute atomic E-state index is 0.103. The number of hydrogen-bond acceptors (Lipinski definition) is 5. The molecule has 1 amide bonds. The van der Waals surface area contributed by atoms with Gasteiger partial charge in [-0.1, -0.05) is 47.7 Å². The van der Waals surface area contributed by atoms with E-state index >= 15 is 0 Å². The van der Waals surface area contributed by atoms with E-state index in [1.807, 2.05) is 68.7 Å². The highest BCUT2D eigenvalue weighted by Gasteiger charge is 2.24. The van der Waals surface area contributed by atoms with Gasteiger partial charge in [-0.25, -0.2) is 4.98 Å². The number of para-hydroxylation sites is 2. The van der Waals surface area contributed by atoms with E-state index in [2.05, 4.69) is 30.9 Å². The molecule has 6 heteroatoms. The molecule has 1 heterocycles. The third kappa shape index (κ3) is 5.41. The molecule has 0 aliphatic heterocycles. The van der Waals surface area contributed by atoms with Gasteiger partial charge in [0.1, 0.15) is 11.5 Å². The predicted octanol–water partition coefficient (Wildman–Crippen LogP) is 6.30. The van der Waals surface area contributed by atoms with Gasteiger partial charge in [-0.05, 0) is 82.4 Å². The highest BCUT2D eigenvalue weighted by atomic mass is 32.1. The lowest BCUT2D eigenvalue weighted by Gasteiger charge is -2.22. The van der Waals surface area contributed by atoms with Crippen LogP contribution in [0.2, 0.25) is 0 Å². The summed E-state index contributed by atoms with van der Waals surface area (Å²) in [6.07, 6.45) is 0.842. The molecule has 0 N–H and O–H groups in total. The summed E-state index contributed by atoms with van der Waals surface area (Å²) in [4.78, 5) is 22.7. The Kier molecular flexibility index (Phi) is 7.06. The van der Waals surface area contributed by atoms with Crippen molar-refractivity contribution in [2.75, 3.05) is 32.1 Å². The Bertz CT molecular complexity index is 1250. The highest BCUT2D eigenvalue weighted by molar-refractivity contribution is 7.22. The number of hydrogen-bond donors (Lipinski definition) is 0. The van der Waals surface area contributed by atoms with Gasteiger partial charge in [-0.3, -0.25) is 9.69 Å². The summed E-state index contributed by atoms with van der Waals surface area (Å²) in [6, 6.07) is 21.2. The summed E-state index contributed by atoms with van der Waals surface area (Å²) in [5, 5.41) is 0.719. The Morgan fingerprint density at radius 3 is 2.45 bits per heavy atom. The van der Waals surface area contributed by atoms with Crippen LogP contribution >= 0.6 is 11.3 Å². The quantitative estimate of drug-likeness (QED) is 0.310. The zero-order valence-electron chi connectivity index (χ0n) is 19.5. The summed E-state index contributed by atoms with van der Waals surface area (Å²) in [7, 11) is 4.08. The normalized spacial score (nSPS) is 11.2. The van der Waals surface area contributed by atoms with Gasteiger partial charge in [0.2, 0.25) is 0 Å². The van der Waals surface area contributed by atoms with E-state index in [1.165, 1.54) is 5.56 Å². The molecule has 170 valence electrons. The number of fused-ring (bicyclic) bond motifs is 1. The van der Waals surface area contributed by atoms with Crippen molar-refractivity contribution in [1.82, 2.24) is 9.88 Å². The van der Waals surface area contributed by atoms with Crippen LogP contribution < -0.4 is 9.64 Å². The molecular weight excluding hydrogens is 430 g/mol. The molecule has 4 aromatic rings. The number of carbonyl (C=O) groups is 1. The Morgan fingerprint density at radius 1 is 0.970 bits per heavy atom. The molecule has 0 saturated carbocycles. The van der Waals surface area contributed by atoms with Gasteiger partial charge in [0, 0.05) is 6.54 Å². The fourth-order valence-corrected chi connectivity index (χ4v) is 4.96. The van der Waals surface area contributed by atoms with Crippen molar-refractivity contribution in [2.45, 2.75) is 20.3 Å². The Morgan fingerprint density at radius 2 is 1.70 bits per heavy atom. The number of anilines is 1. The lowest BCUT2D eigenvalue weighted by Crippen LogP contribution is -2.33. The number of rotatable bonds is 8. The van der Waals surface area contributed by atoms with E-state index in [1.54, 1.807) is 16.2 Å². The largest absolute Gasteiger partial charge is 0.457 e. The smallest absolute Gasteiger partial charge is 0.263 e. The average molecular weight is 460 g/mol. The van der Waals surface area contributed by atoms with Crippen LogP contribution in [0.15, 0.2) is 66.7 Å². The summed E-state index contributed by atoms with van der Waals surface area (Å²) in [5.74, 6) is 1.14. The maximum atomic E-state index is 13.9. The molecule has 0 bridgehead atoms. The van der Waals surface area contributed by atoms with Gasteiger partial charge in [-0.15, -0.1) is 0 Å². The van der Waals surface area contributed by atoms with Gasteiger partial charge in [0.25, 0.3) is 5.91 Å². The lowest BCUT2D eigenvalue weighted by molar-refractivity contribution is 0.0984. The Balaban J connectivity index is 1.71. The van der Waals surface area contributed by atoms with Gasteiger partial charge < -0.3 is 9.64 Å². The molecule has 3 aromatic carbocycles. The van der Waals surface area contributed by atoms with Crippen molar-refractivity contribution in [3.05, 3.63) is 83.4 Å². The first kappa shape index (κ1) is 23.0. The maximum Gasteiger partial charge on any atom is 0.263 e. The second-order valence-corrected chi connectivity index (χ2v) is 9.46. The SMILES string of the molecule is Cc1cc(C)c2nc(N(CCCN(C)C)C(=O)c3ccccc3Oc3ccccc3)sc2c1. The highest BCUT2D eigenvalue weighted by Crippen LogP contribution is 2.34. The molecule has 0 aliphatic rings. The minimum Gasteiger partial charge on any atom is -0.457 e. The molecule has 0 radical (unpaired) electrons. The molecule has 33 heavy (non-hydrogen) atoms. The van der Waals surface area contributed by atoms with Crippen molar-refractivity contribution >= 4 is 32.6 Å². The third-order valence-electron chi connectivity index (χ3n) is 5.37. The number of aromatic nitrogens is 1. The van der Waals surface area contributed by atoms with Crippen LogP contribution in [0.5, 0.6) is 11.5 Å². The average Bonchev–Trinajstić information content (AvgIpc) is 3.21. The van der Waals surface area contributed by atoms with Crippen molar-refractivity contribution in [2.24, 2.45) is 0 Å². The first-order chi connectivity index (χ1) is 15.9. The van der Waals surface area contributed by atoms with E-state index in [9.17, 15) is 4.79 Å². The number of benzene rings is 3. The molecule has 1 aromatic heterocycles. The monoisotopic (exact) mass is 459 g/mol. The Hall–Kier alpha value is -3.22. The fraction of sp³-hybridized carbons (Fsp3) is 0.259. The van der Waals surface area contributed by atoms with Crippen LogP contribution in [0.4, 0.5) is 5.13 Å². The summed E-state index contributed by atoms with van der Waals surface area (Å²) < 4.78 is 7.18. The molecule has 0 fully saturated rings. The van der Waals surface area contributed by atoms with E-state index in [-0.39, 0.29) is 5.91 Å². The minimum atomic E-state index is -0.103. The van der Waals surface area contributed by atoms with E-state index in [4.69, 9.17) is 9.72 Å². The molecule has 0 atom stereocenters. The number of aryl methyl sites for hydroxylation is 2. The topological polar surface area (TPSA) is 45.7 Å². The van der Waals surface area contributed by atoms with Gasteiger partial charge >= 0.3 is 0 Å². The van der Waals surface area contributed by atoms with Crippen LogP contribution in [0, 0.1) is 13.8 Å². The standard InChI is InChI=1S/C27H29N3O2S/c1-19-17-20(2)25-24(18-19)33-27(28-25)30(16-10-15-29(3)4)26(31)22-13-8-9-14-23(22)32-21-11-6-5-7-12-21/h5-9,11-14,17-18H,10,15-16H2,1-4H3. The predicted molar refractivity (Wildman–Crippen MR) is 137 cm³/mol. The van der Waals surface area contributed by atoms with Crippen molar-refractivity contribution in [3.8, 4) is 11.5 Å². The number of ether oxygens (including phenoxy) is 1. The third-order valence-corrected chi connectivity index (χ3v) is 6.40. The van der Waals surface area contributed by atoms with Gasteiger partial charge in [-0.2, -0.15) is 0 Å². The fourth-order valence-electron chi connectivity index (χ4n) is 3.80. The maximum absolute atomic E-state index is 13.9. The van der Waals surface area contributed by atoms with Crippen LogP contribution in [0.1, 0.15) is 27.9 Å². The molecule has 0 unspecified atom stereocenters. The van der Waals surface area contributed by atoms with Crippen LogP contribution in [-0.4, -0.2) is 43.0 Å². The first-order valence-corrected chi connectivity index (χ1v) is 11.9. The van der Waals surface area contributed by atoms with Crippen LogP contribution in [0.3, 0.4) is 0 Å². The number of nitrogens with zero attached hydrogens (tertiary/aromatic N) is 3. The van der Waals surface area contributed by atoms with Crippen LogP contribution in [0.25, 0.3) is 10.2 Å². The van der Waals surface area contributed by atoms with Crippen molar-refractivity contribution in [3.63, 3.8) is 0 Å². The summed E-state index contributed by atoms with van der Waals surface area (Å²) in [5.41, 5.74) is 3.81. The molecule has 0 aliphatic carbocycles. The van der Waals surface area contributed by atoms with Crippen molar-refractivity contribution < 1.29 is 9.53 Å². The molecule has 0 spiro atoms. The molecule has 5 nitrogen and oxygen atoms in total. The van der Waals surface area contributed by atoms with Crippen molar-refractivity contribution in [1.29, 1.82) is 0 Å². The zero-order valence-corrected chi connectivity index (χ0v) is 20.4. The van der Waals surface area contributed by atoms with E-state index in [0.29, 0.717) is 23.6 Å². The Labute approximate surface area is 199 Å². The van der Waals surface area contributed by atoms with E-state index in [0.717, 1.165) is 33.9 Å². The number of carbonyl (C=O) groups excluding carboxylic acids is 1. The second-order valence-electron chi connectivity index (χ2n) is 8.45. The molecule has 0 saturated heterocycles. The van der Waals surface area contributed by atoms with Gasteiger partial charge in [0.05, 0.1) is 15.8 Å². The molecule has 4 rings (SSSR count). The molecular formula is C27H29N3O2S. The van der Waals surface area contributed by atoms with Crippen LogP contribution in [-0.2, 0) is 0 Å². The zero-order chi connectivity index (χ0) is 23.4. The summed E-state index contributed by atoms with van der Waals surface area (Å²) in [6.45, 7) is 5.62. The lowest BCUT2D eigenvalue weighted by atomic mass is 10.1. The second kappa shape index (κ2) is 10.1. The number of amides is 1. The first-order valence-electron chi connectivity index (χ1n) is 11.1.